The van der Waals surface area contributed by atoms with Gasteiger partial charge in [0.1, 0.15) is 10.6 Å². The van der Waals surface area contributed by atoms with E-state index in [1.165, 1.54) is 18.5 Å². The van der Waals surface area contributed by atoms with Crippen LogP contribution >= 0.6 is 0 Å². The first kappa shape index (κ1) is 13.7. The maximum absolute atomic E-state index is 12.8. The molecule has 2 aromatic heterocycles. The molecule has 6 nitrogen and oxygen atoms in total. The minimum atomic E-state index is -4.16. The van der Waals surface area contributed by atoms with Gasteiger partial charge in [-0.25, -0.2) is 8.78 Å². The van der Waals surface area contributed by atoms with Gasteiger partial charge in [-0.3, -0.25) is 4.68 Å². The van der Waals surface area contributed by atoms with Gasteiger partial charge in [-0.2, -0.15) is 22.7 Å². The molecule has 0 saturated heterocycles. The smallest absolute Gasteiger partial charge is 0.272 e. The zero-order valence-corrected chi connectivity index (χ0v) is 11.3. The molecule has 0 unspecified atom stereocenters. The molecule has 0 aliphatic carbocycles. The van der Waals surface area contributed by atoms with E-state index in [1.807, 2.05) is 0 Å². The summed E-state index contributed by atoms with van der Waals surface area (Å²) in [5.74, 6) is 0. The largest absolute Gasteiger partial charge is 0.286 e. The Labute approximate surface area is 108 Å². The van der Waals surface area contributed by atoms with Gasteiger partial charge < -0.3 is 0 Å². The number of alkyl halides is 2. The number of aromatic nitrogens is 4. The van der Waals surface area contributed by atoms with E-state index in [0.717, 1.165) is 12.3 Å². The van der Waals surface area contributed by atoms with Gasteiger partial charge in [0.25, 0.3) is 16.4 Å². The lowest BCUT2D eigenvalue weighted by Gasteiger charge is -2.07. The molecule has 9 heteroatoms. The third kappa shape index (κ3) is 2.14. The molecule has 2 aromatic rings. The molecule has 0 aliphatic rings. The number of hydrogen-bond acceptors (Lipinski definition) is 4. The molecule has 2 heterocycles. The van der Waals surface area contributed by atoms with Gasteiger partial charge in [-0.15, -0.1) is 0 Å². The SMILES string of the molecule is Cc1cc(C(F)F)n(S(=O)(=O)c2cnn(C)c2C)n1. The van der Waals surface area contributed by atoms with E-state index >= 15 is 0 Å². The highest BCUT2D eigenvalue weighted by atomic mass is 32.2. The highest BCUT2D eigenvalue weighted by Crippen LogP contribution is 2.25. The maximum Gasteiger partial charge on any atom is 0.286 e. The maximum atomic E-state index is 12.8. The molecule has 0 radical (unpaired) electrons. The molecule has 2 rings (SSSR count). The molecule has 0 atom stereocenters. The first-order valence-corrected chi connectivity index (χ1v) is 6.78. The molecule has 0 aliphatic heterocycles. The second-order valence-corrected chi connectivity index (χ2v) is 5.81. The summed E-state index contributed by atoms with van der Waals surface area (Å²) in [5.41, 5.74) is -0.0884. The van der Waals surface area contributed by atoms with Gasteiger partial charge in [-0.1, -0.05) is 0 Å². The summed E-state index contributed by atoms with van der Waals surface area (Å²) in [7, 11) is -2.60. The van der Waals surface area contributed by atoms with Crippen LogP contribution in [0, 0.1) is 13.8 Å². The van der Waals surface area contributed by atoms with Crippen molar-refractivity contribution in [2.45, 2.75) is 25.2 Å². The van der Waals surface area contributed by atoms with Crippen LogP contribution in [0.15, 0.2) is 17.2 Å². The Hall–Kier alpha value is -1.77. The Morgan fingerprint density at radius 1 is 1.32 bits per heavy atom. The van der Waals surface area contributed by atoms with Gasteiger partial charge in [0.15, 0.2) is 0 Å². The van der Waals surface area contributed by atoms with Gasteiger partial charge in [0.2, 0.25) is 0 Å². The fraction of sp³-hybridized carbons (Fsp3) is 0.400. The number of hydrogen-bond donors (Lipinski definition) is 0. The van der Waals surface area contributed by atoms with Crippen molar-refractivity contribution in [1.29, 1.82) is 0 Å². The van der Waals surface area contributed by atoms with Gasteiger partial charge in [0.05, 0.1) is 17.6 Å². The lowest BCUT2D eigenvalue weighted by atomic mass is 10.4. The van der Waals surface area contributed by atoms with Gasteiger partial charge >= 0.3 is 0 Å². The number of aryl methyl sites for hydroxylation is 2. The van der Waals surface area contributed by atoms with Crippen LogP contribution in [0.25, 0.3) is 0 Å². The molecule has 19 heavy (non-hydrogen) atoms. The molecular formula is C10H12F2N4O2S. The Kier molecular flexibility index (Phi) is 3.17. The number of rotatable bonds is 3. The van der Waals surface area contributed by atoms with Crippen LogP contribution in [0.1, 0.15) is 23.5 Å². The second-order valence-electron chi connectivity index (χ2n) is 4.08. The summed E-state index contributed by atoms with van der Waals surface area (Å²) in [4.78, 5) is -0.139. The van der Waals surface area contributed by atoms with E-state index in [2.05, 4.69) is 10.2 Å². The van der Waals surface area contributed by atoms with Crippen LogP contribution < -0.4 is 0 Å². The quantitative estimate of drug-likeness (QED) is 0.857. The van der Waals surface area contributed by atoms with E-state index < -0.39 is 22.1 Å². The lowest BCUT2D eigenvalue weighted by molar-refractivity contribution is 0.144. The van der Waals surface area contributed by atoms with Crippen molar-refractivity contribution in [3.63, 3.8) is 0 Å². The van der Waals surface area contributed by atoms with Crippen LogP contribution in [0.3, 0.4) is 0 Å². The number of halogens is 2. The summed E-state index contributed by atoms with van der Waals surface area (Å²) in [6.07, 6.45) is -1.80. The fourth-order valence-electron chi connectivity index (χ4n) is 1.66. The van der Waals surface area contributed by atoms with Crippen molar-refractivity contribution in [3.05, 3.63) is 29.3 Å². The minimum Gasteiger partial charge on any atom is -0.272 e. The number of nitrogens with zero attached hydrogens (tertiary/aromatic N) is 4. The van der Waals surface area contributed by atoms with Crippen LogP contribution in [0.4, 0.5) is 8.78 Å². The zero-order valence-electron chi connectivity index (χ0n) is 10.5. The third-order valence-corrected chi connectivity index (χ3v) is 4.45. The third-order valence-electron chi connectivity index (χ3n) is 2.75. The molecule has 0 bridgehead atoms. The van der Waals surface area contributed by atoms with Crippen LogP contribution in [0.5, 0.6) is 0 Å². The molecule has 104 valence electrons. The Morgan fingerprint density at radius 3 is 2.42 bits per heavy atom. The van der Waals surface area contributed by atoms with E-state index in [-0.39, 0.29) is 10.6 Å². The summed E-state index contributed by atoms with van der Waals surface area (Å²) in [6, 6.07) is 1.05. The van der Waals surface area contributed by atoms with Crippen LogP contribution in [-0.4, -0.2) is 27.4 Å². The summed E-state index contributed by atoms with van der Waals surface area (Å²) in [5, 5.41) is 7.44. The van der Waals surface area contributed by atoms with Crippen LogP contribution in [0.2, 0.25) is 0 Å². The zero-order chi connectivity index (χ0) is 14.4. The Bertz CT molecular complexity index is 718. The summed E-state index contributed by atoms with van der Waals surface area (Å²) in [6.45, 7) is 2.99. The first-order valence-electron chi connectivity index (χ1n) is 5.34. The van der Waals surface area contributed by atoms with Crippen molar-refractivity contribution in [2.24, 2.45) is 7.05 Å². The molecule has 0 N–H and O–H groups in total. The van der Waals surface area contributed by atoms with Gasteiger partial charge in [0, 0.05) is 7.05 Å². The molecule has 0 aromatic carbocycles. The van der Waals surface area contributed by atoms with Crippen molar-refractivity contribution in [1.82, 2.24) is 19.0 Å². The van der Waals surface area contributed by atoms with E-state index in [4.69, 9.17) is 0 Å². The molecular weight excluding hydrogens is 278 g/mol. The lowest BCUT2D eigenvalue weighted by Crippen LogP contribution is -2.18. The molecule has 0 spiro atoms. The average molecular weight is 290 g/mol. The second kappa shape index (κ2) is 4.41. The molecule has 0 saturated carbocycles. The first-order chi connectivity index (χ1) is 8.75. The monoisotopic (exact) mass is 290 g/mol. The predicted octanol–water partition coefficient (Wildman–Crippen LogP) is 1.41. The van der Waals surface area contributed by atoms with E-state index in [9.17, 15) is 17.2 Å². The standard InChI is InChI=1S/C10H12F2N4O2S/c1-6-4-8(10(11)12)16(14-6)19(17,18)9-5-13-15(3)7(9)2/h4-5,10H,1-3H3. The van der Waals surface area contributed by atoms with Gasteiger partial charge in [-0.05, 0) is 19.9 Å². The normalized spacial score (nSPS) is 12.3. The Balaban J connectivity index is 2.67. The average Bonchev–Trinajstić information content (AvgIpc) is 2.85. The topological polar surface area (TPSA) is 69.8 Å². The summed E-state index contributed by atoms with van der Waals surface area (Å²) < 4.78 is 52.1. The highest BCUT2D eigenvalue weighted by molar-refractivity contribution is 7.90. The van der Waals surface area contributed by atoms with Crippen molar-refractivity contribution in [3.8, 4) is 0 Å². The molecule has 0 amide bonds. The molecule has 0 fully saturated rings. The van der Waals surface area contributed by atoms with Crippen molar-refractivity contribution >= 4 is 10.0 Å². The Morgan fingerprint density at radius 2 is 1.95 bits per heavy atom. The minimum absolute atomic E-state index is 0.139. The summed E-state index contributed by atoms with van der Waals surface area (Å²) >= 11 is 0. The van der Waals surface area contributed by atoms with E-state index in [1.54, 1.807) is 7.05 Å². The fourth-order valence-corrected chi connectivity index (χ4v) is 3.18. The highest BCUT2D eigenvalue weighted by Gasteiger charge is 2.29. The van der Waals surface area contributed by atoms with Crippen molar-refractivity contribution < 1.29 is 17.2 Å². The van der Waals surface area contributed by atoms with Crippen LogP contribution in [-0.2, 0) is 17.1 Å². The van der Waals surface area contributed by atoms with E-state index in [0.29, 0.717) is 9.78 Å². The predicted molar refractivity (Wildman–Crippen MR) is 62.4 cm³/mol. The van der Waals surface area contributed by atoms with Crippen molar-refractivity contribution in [2.75, 3.05) is 0 Å².